The lowest BCUT2D eigenvalue weighted by atomic mass is 10.0. The van der Waals surface area contributed by atoms with Crippen LogP contribution in [0.1, 0.15) is 36.2 Å². The van der Waals surface area contributed by atoms with E-state index < -0.39 is 5.82 Å². The van der Waals surface area contributed by atoms with Crippen LogP contribution in [0.3, 0.4) is 0 Å². The Bertz CT molecular complexity index is 1010. The predicted molar refractivity (Wildman–Crippen MR) is 119 cm³/mol. The zero-order valence-electron chi connectivity index (χ0n) is 18.3. The first kappa shape index (κ1) is 21.6. The quantitative estimate of drug-likeness (QED) is 0.567. The fourth-order valence-corrected chi connectivity index (χ4v) is 3.70. The van der Waals surface area contributed by atoms with Crippen LogP contribution in [-0.4, -0.2) is 40.7 Å². The van der Waals surface area contributed by atoms with Gasteiger partial charge >= 0.3 is 0 Å². The van der Waals surface area contributed by atoms with Gasteiger partial charge in [0, 0.05) is 43.9 Å². The molecular weight excluding hydrogens is 379 g/mol. The lowest BCUT2D eigenvalue weighted by molar-refractivity contribution is 0.0671. The molecule has 6 heteroatoms. The van der Waals surface area contributed by atoms with E-state index in [9.17, 15) is 9.18 Å². The molecule has 158 valence electrons. The fraction of sp³-hybridized carbons (Fsp3) is 0.333. The zero-order valence-corrected chi connectivity index (χ0v) is 18.3. The summed E-state index contributed by atoms with van der Waals surface area (Å²) in [5.41, 5.74) is 3.17. The lowest BCUT2D eigenvalue weighted by Gasteiger charge is -2.30. The van der Waals surface area contributed by atoms with Crippen molar-refractivity contribution in [3.8, 4) is 11.3 Å². The Morgan fingerprint density at radius 3 is 2.43 bits per heavy atom. The van der Waals surface area contributed by atoms with E-state index in [-0.39, 0.29) is 11.9 Å². The summed E-state index contributed by atoms with van der Waals surface area (Å²) in [6.45, 7) is 4.45. The van der Waals surface area contributed by atoms with Crippen LogP contribution in [0, 0.1) is 5.82 Å². The molecule has 0 N–H and O–H groups in total. The summed E-state index contributed by atoms with van der Waals surface area (Å²) >= 11 is 0. The molecule has 0 spiro atoms. The molecule has 3 aromatic rings. The van der Waals surface area contributed by atoms with Crippen molar-refractivity contribution in [3.63, 3.8) is 0 Å². The van der Waals surface area contributed by atoms with E-state index in [1.54, 1.807) is 12.1 Å². The number of rotatable bonds is 7. The highest BCUT2D eigenvalue weighted by Gasteiger charge is 2.27. The molecule has 0 saturated carbocycles. The standard InChI is InChI=1S/C24H29FN4O/c1-6-17(2)29(24(30)19-13-10-14-20(25)15-19)16-21-22(18-11-8-7-9-12-18)26-28(5)23(21)27(3)4/h7-15,17H,6,16H2,1-5H3/t17-/m0/s1. The fourth-order valence-electron chi connectivity index (χ4n) is 3.70. The van der Waals surface area contributed by atoms with Gasteiger partial charge in [0.2, 0.25) is 0 Å². The van der Waals surface area contributed by atoms with Gasteiger partial charge in [-0.05, 0) is 31.5 Å². The molecule has 3 rings (SSSR count). The van der Waals surface area contributed by atoms with Crippen molar-refractivity contribution in [3.05, 3.63) is 71.5 Å². The van der Waals surface area contributed by atoms with Crippen LogP contribution in [0.25, 0.3) is 11.3 Å². The SMILES string of the molecule is CC[C@H](C)N(Cc1c(-c2ccccc2)nn(C)c1N(C)C)C(=O)c1cccc(F)c1. The van der Waals surface area contributed by atoms with E-state index in [0.29, 0.717) is 12.1 Å². The molecule has 1 aromatic heterocycles. The van der Waals surface area contributed by atoms with E-state index in [4.69, 9.17) is 5.10 Å². The Labute approximate surface area is 177 Å². The van der Waals surface area contributed by atoms with Gasteiger partial charge in [-0.3, -0.25) is 9.48 Å². The number of nitrogens with zero attached hydrogens (tertiary/aromatic N) is 4. The van der Waals surface area contributed by atoms with Gasteiger partial charge in [-0.1, -0.05) is 43.3 Å². The van der Waals surface area contributed by atoms with E-state index in [2.05, 4.69) is 0 Å². The average molecular weight is 409 g/mol. The molecule has 30 heavy (non-hydrogen) atoms. The largest absolute Gasteiger partial charge is 0.363 e. The van der Waals surface area contributed by atoms with Gasteiger partial charge in [-0.25, -0.2) is 4.39 Å². The molecule has 0 aliphatic rings. The monoisotopic (exact) mass is 408 g/mol. The van der Waals surface area contributed by atoms with Crippen molar-refractivity contribution < 1.29 is 9.18 Å². The maximum Gasteiger partial charge on any atom is 0.254 e. The molecule has 0 radical (unpaired) electrons. The smallest absolute Gasteiger partial charge is 0.254 e. The molecule has 0 aliphatic carbocycles. The summed E-state index contributed by atoms with van der Waals surface area (Å²) in [4.78, 5) is 17.2. The molecule has 0 saturated heterocycles. The van der Waals surface area contributed by atoms with Crippen LogP contribution >= 0.6 is 0 Å². The van der Waals surface area contributed by atoms with Gasteiger partial charge in [0.1, 0.15) is 11.6 Å². The van der Waals surface area contributed by atoms with Gasteiger partial charge in [0.15, 0.2) is 0 Å². The highest BCUT2D eigenvalue weighted by Crippen LogP contribution is 2.32. The maximum atomic E-state index is 13.8. The van der Waals surface area contributed by atoms with E-state index >= 15 is 0 Å². The number of halogens is 1. The Balaban J connectivity index is 2.09. The highest BCUT2D eigenvalue weighted by atomic mass is 19.1. The van der Waals surface area contributed by atoms with Crippen molar-refractivity contribution in [2.24, 2.45) is 7.05 Å². The Kier molecular flexibility index (Phi) is 6.55. The molecule has 0 bridgehead atoms. The molecule has 0 fully saturated rings. The molecule has 5 nitrogen and oxygen atoms in total. The minimum absolute atomic E-state index is 0.0143. The summed E-state index contributed by atoms with van der Waals surface area (Å²) < 4.78 is 15.6. The number of benzene rings is 2. The van der Waals surface area contributed by atoms with Crippen LogP contribution < -0.4 is 4.90 Å². The molecule has 0 unspecified atom stereocenters. The maximum absolute atomic E-state index is 13.8. The first-order valence-electron chi connectivity index (χ1n) is 10.2. The number of carbonyl (C=O) groups is 1. The second kappa shape index (κ2) is 9.11. The minimum Gasteiger partial charge on any atom is -0.363 e. The van der Waals surface area contributed by atoms with Gasteiger partial charge in [0.05, 0.1) is 12.2 Å². The number of anilines is 1. The number of amides is 1. The zero-order chi connectivity index (χ0) is 21.8. The summed E-state index contributed by atoms with van der Waals surface area (Å²) in [5, 5.41) is 4.76. The van der Waals surface area contributed by atoms with E-state index in [1.807, 2.05) is 79.8 Å². The van der Waals surface area contributed by atoms with Gasteiger partial charge in [-0.2, -0.15) is 5.10 Å². The summed E-state index contributed by atoms with van der Waals surface area (Å²) in [7, 11) is 5.85. The van der Waals surface area contributed by atoms with Crippen molar-refractivity contribution in [2.45, 2.75) is 32.9 Å². The Hall–Kier alpha value is -3.15. The van der Waals surface area contributed by atoms with Crippen LogP contribution in [0.15, 0.2) is 54.6 Å². The Morgan fingerprint density at radius 1 is 1.13 bits per heavy atom. The molecule has 1 amide bonds. The summed E-state index contributed by atoms with van der Waals surface area (Å²) in [6, 6.07) is 15.8. The van der Waals surface area contributed by atoms with Crippen LogP contribution in [-0.2, 0) is 13.6 Å². The molecule has 1 atom stereocenters. The van der Waals surface area contributed by atoms with Crippen molar-refractivity contribution in [1.82, 2.24) is 14.7 Å². The average Bonchev–Trinajstić information content (AvgIpc) is 3.07. The first-order valence-corrected chi connectivity index (χ1v) is 10.2. The van der Waals surface area contributed by atoms with Crippen LogP contribution in [0.2, 0.25) is 0 Å². The predicted octanol–water partition coefficient (Wildman–Crippen LogP) is 4.73. The molecular formula is C24H29FN4O. The third-order valence-corrected chi connectivity index (χ3v) is 5.37. The number of hydrogen-bond donors (Lipinski definition) is 0. The van der Waals surface area contributed by atoms with E-state index in [0.717, 1.165) is 29.1 Å². The van der Waals surface area contributed by atoms with Crippen LogP contribution in [0.4, 0.5) is 10.2 Å². The number of aryl methyl sites for hydroxylation is 1. The normalized spacial score (nSPS) is 11.9. The van der Waals surface area contributed by atoms with Gasteiger partial charge in [-0.15, -0.1) is 0 Å². The second-order valence-electron chi connectivity index (χ2n) is 7.74. The Morgan fingerprint density at radius 2 is 1.83 bits per heavy atom. The third kappa shape index (κ3) is 4.37. The van der Waals surface area contributed by atoms with Crippen molar-refractivity contribution >= 4 is 11.7 Å². The number of hydrogen-bond acceptors (Lipinski definition) is 3. The van der Waals surface area contributed by atoms with Gasteiger partial charge in [0.25, 0.3) is 5.91 Å². The third-order valence-electron chi connectivity index (χ3n) is 5.37. The number of aromatic nitrogens is 2. The summed E-state index contributed by atoms with van der Waals surface area (Å²) in [5.74, 6) is 0.343. The highest BCUT2D eigenvalue weighted by molar-refractivity contribution is 5.94. The van der Waals surface area contributed by atoms with Gasteiger partial charge < -0.3 is 9.80 Å². The van der Waals surface area contributed by atoms with Crippen molar-refractivity contribution in [1.29, 1.82) is 0 Å². The molecule has 2 aromatic carbocycles. The van der Waals surface area contributed by atoms with Crippen molar-refractivity contribution in [2.75, 3.05) is 19.0 Å². The number of carbonyl (C=O) groups excluding carboxylic acids is 1. The topological polar surface area (TPSA) is 41.4 Å². The lowest BCUT2D eigenvalue weighted by Crippen LogP contribution is -2.38. The first-order chi connectivity index (χ1) is 14.3. The molecule has 0 aliphatic heterocycles. The minimum atomic E-state index is -0.412. The van der Waals surface area contributed by atoms with Crippen LogP contribution in [0.5, 0.6) is 0 Å². The van der Waals surface area contributed by atoms with E-state index in [1.165, 1.54) is 12.1 Å². The second-order valence-corrected chi connectivity index (χ2v) is 7.74. The summed E-state index contributed by atoms with van der Waals surface area (Å²) in [6.07, 6.45) is 0.791. The molecule has 1 heterocycles.